The first-order valence-electron chi connectivity index (χ1n) is 6.48. The lowest BCUT2D eigenvalue weighted by Crippen LogP contribution is -2.24. The van der Waals surface area contributed by atoms with Gasteiger partial charge in [-0.1, -0.05) is 23.4 Å². The van der Waals surface area contributed by atoms with Gasteiger partial charge in [-0.3, -0.25) is 4.79 Å². The number of hydrogen-bond donors (Lipinski definition) is 1. The summed E-state index contributed by atoms with van der Waals surface area (Å²) in [6.07, 6.45) is 1.63. The van der Waals surface area contributed by atoms with Crippen molar-refractivity contribution >= 4 is 5.91 Å². The van der Waals surface area contributed by atoms with Crippen molar-refractivity contribution in [1.29, 1.82) is 0 Å². The Balaban J connectivity index is 1.58. The molecular formula is C15H13N3O3. The highest BCUT2D eigenvalue weighted by molar-refractivity contribution is 5.77. The van der Waals surface area contributed by atoms with Crippen molar-refractivity contribution in [2.75, 3.05) is 0 Å². The summed E-state index contributed by atoms with van der Waals surface area (Å²) in [5, 5.41) is 6.54. The molecule has 0 saturated heterocycles. The molecule has 0 aliphatic heterocycles. The Bertz CT molecular complexity index is 705. The number of nitrogens with one attached hydrogen (secondary N) is 1. The summed E-state index contributed by atoms with van der Waals surface area (Å²) in [6, 6.07) is 13.0. The van der Waals surface area contributed by atoms with Gasteiger partial charge < -0.3 is 14.3 Å². The zero-order valence-electron chi connectivity index (χ0n) is 11.2. The molecule has 0 fully saturated rings. The van der Waals surface area contributed by atoms with Gasteiger partial charge in [-0.2, -0.15) is 4.98 Å². The fourth-order valence-electron chi connectivity index (χ4n) is 1.83. The van der Waals surface area contributed by atoms with Gasteiger partial charge in [0.05, 0.1) is 19.2 Å². The van der Waals surface area contributed by atoms with Gasteiger partial charge in [0.25, 0.3) is 5.89 Å². The lowest BCUT2D eigenvalue weighted by atomic mass is 10.2. The third kappa shape index (κ3) is 3.36. The minimum Gasteiger partial charge on any atom is -0.467 e. The van der Waals surface area contributed by atoms with Gasteiger partial charge >= 0.3 is 0 Å². The number of aromatic nitrogens is 2. The van der Waals surface area contributed by atoms with Crippen LogP contribution in [0.25, 0.3) is 11.5 Å². The van der Waals surface area contributed by atoms with Crippen molar-refractivity contribution in [3.05, 3.63) is 60.3 Å². The van der Waals surface area contributed by atoms with E-state index in [1.165, 1.54) is 0 Å². The van der Waals surface area contributed by atoms with E-state index < -0.39 is 0 Å². The molecule has 0 aliphatic rings. The highest BCUT2D eigenvalue weighted by Gasteiger charge is 2.12. The van der Waals surface area contributed by atoms with Crippen molar-refractivity contribution in [3.63, 3.8) is 0 Å². The highest BCUT2D eigenvalue weighted by atomic mass is 16.5. The molecule has 106 valence electrons. The van der Waals surface area contributed by atoms with E-state index in [1.54, 1.807) is 18.4 Å². The Morgan fingerprint density at radius 1 is 1.14 bits per heavy atom. The van der Waals surface area contributed by atoms with Crippen molar-refractivity contribution in [3.8, 4) is 11.5 Å². The van der Waals surface area contributed by atoms with Crippen molar-refractivity contribution in [2.45, 2.75) is 13.0 Å². The highest BCUT2D eigenvalue weighted by Crippen LogP contribution is 2.16. The first-order chi connectivity index (χ1) is 10.3. The van der Waals surface area contributed by atoms with Crippen LogP contribution in [-0.2, 0) is 17.8 Å². The topological polar surface area (TPSA) is 81.2 Å². The molecule has 21 heavy (non-hydrogen) atoms. The maximum absolute atomic E-state index is 11.8. The molecule has 0 spiro atoms. The molecule has 2 aromatic heterocycles. The third-order valence-electron chi connectivity index (χ3n) is 2.85. The van der Waals surface area contributed by atoms with E-state index in [1.807, 2.05) is 30.3 Å². The Labute approximate surface area is 120 Å². The zero-order chi connectivity index (χ0) is 14.5. The van der Waals surface area contributed by atoms with E-state index in [0.29, 0.717) is 24.0 Å². The molecule has 0 atom stereocenters. The average Bonchev–Trinajstić information content (AvgIpc) is 3.17. The first-order valence-corrected chi connectivity index (χ1v) is 6.48. The number of rotatable bonds is 5. The summed E-state index contributed by atoms with van der Waals surface area (Å²) in [4.78, 5) is 16.0. The van der Waals surface area contributed by atoms with Crippen LogP contribution in [0.15, 0.2) is 57.7 Å². The van der Waals surface area contributed by atoms with Gasteiger partial charge in [0, 0.05) is 5.56 Å². The SMILES string of the molecule is O=C(Cc1noc(-c2ccccc2)n1)NCc1ccco1. The predicted octanol–water partition coefficient (Wildman–Crippen LogP) is 2.19. The summed E-state index contributed by atoms with van der Waals surface area (Å²) in [7, 11) is 0. The normalized spacial score (nSPS) is 10.5. The van der Waals surface area contributed by atoms with Crippen LogP contribution in [0, 0.1) is 0 Å². The zero-order valence-corrected chi connectivity index (χ0v) is 11.2. The van der Waals surface area contributed by atoms with E-state index in [-0.39, 0.29) is 12.3 Å². The second-order valence-electron chi connectivity index (χ2n) is 4.41. The van der Waals surface area contributed by atoms with Crippen LogP contribution in [0.1, 0.15) is 11.6 Å². The maximum atomic E-state index is 11.8. The predicted molar refractivity (Wildman–Crippen MR) is 74.0 cm³/mol. The number of benzene rings is 1. The van der Waals surface area contributed by atoms with Crippen LogP contribution in [0.4, 0.5) is 0 Å². The van der Waals surface area contributed by atoms with Gasteiger partial charge in [0.2, 0.25) is 5.91 Å². The lowest BCUT2D eigenvalue weighted by molar-refractivity contribution is -0.120. The van der Waals surface area contributed by atoms with Crippen LogP contribution in [-0.4, -0.2) is 16.0 Å². The Morgan fingerprint density at radius 2 is 2.00 bits per heavy atom. The number of carbonyl (C=O) groups is 1. The summed E-state index contributed by atoms with van der Waals surface area (Å²) < 4.78 is 10.3. The fraction of sp³-hybridized carbons (Fsp3) is 0.133. The van der Waals surface area contributed by atoms with E-state index in [9.17, 15) is 4.79 Å². The van der Waals surface area contributed by atoms with Crippen LogP contribution < -0.4 is 5.32 Å². The van der Waals surface area contributed by atoms with E-state index in [2.05, 4.69) is 15.5 Å². The molecule has 2 heterocycles. The lowest BCUT2D eigenvalue weighted by Gasteiger charge is -1.99. The molecule has 0 unspecified atom stereocenters. The van der Waals surface area contributed by atoms with E-state index >= 15 is 0 Å². The standard InChI is InChI=1S/C15H13N3O3/c19-14(16-10-12-7-4-8-20-12)9-13-17-15(21-18-13)11-5-2-1-3-6-11/h1-8H,9-10H2,(H,16,19). The number of carbonyl (C=O) groups excluding carboxylic acids is 1. The largest absolute Gasteiger partial charge is 0.467 e. The molecule has 3 aromatic rings. The van der Waals surface area contributed by atoms with Crippen LogP contribution >= 0.6 is 0 Å². The number of hydrogen-bond acceptors (Lipinski definition) is 5. The molecule has 0 radical (unpaired) electrons. The summed E-state index contributed by atoms with van der Waals surface area (Å²) in [6.45, 7) is 0.342. The van der Waals surface area contributed by atoms with Gasteiger partial charge in [-0.15, -0.1) is 0 Å². The molecular weight excluding hydrogens is 270 g/mol. The number of furan rings is 1. The minimum absolute atomic E-state index is 0.0665. The molecule has 0 aliphatic carbocycles. The Hall–Kier alpha value is -2.89. The van der Waals surface area contributed by atoms with E-state index in [4.69, 9.17) is 8.94 Å². The second kappa shape index (κ2) is 6.04. The number of nitrogens with zero attached hydrogens (tertiary/aromatic N) is 2. The third-order valence-corrected chi connectivity index (χ3v) is 2.85. The Morgan fingerprint density at radius 3 is 2.76 bits per heavy atom. The van der Waals surface area contributed by atoms with Crippen molar-refractivity contribution in [1.82, 2.24) is 15.5 Å². The molecule has 6 nitrogen and oxygen atoms in total. The van der Waals surface area contributed by atoms with Gasteiger partial charge in [0.1, 0.15) is 5.76 Å². The fourth-order valence-corrected chi connectivity index (χ4v) is 1.83. The van der Waals surface area contributed by atoms with Crippen molar-refractivity contribution in [2.24, 2.45) is 0 Å². The van der Waals surface area contributed by atoms with Crippen molar-refractivity contribution < 1.29 is 13.7 Å². The second-order valence-corrected chi connectivity index (χ2v) is 4.41. The Kier molecular flexibility index (Phi) is 3.77. The molecule has 0 bridgehead atoms. The summed E-state index contributed by atoms with van der Waals surface area (Å²) in [5.74, 6) is 1.27. The monoisotopic (exact) mass is 283 g/mol. The molecule has 1 aromatic carbocycles. The minimum atomic E-state index is -0.188. The van der Waals surface area contributed by atoms with E-state index in [0.717, 1.165) is 5.56 Å². The average molecular weight is 283 g/mol. The summed E-state index contributed by atoms with van der Waals surface area (Å²) >= 11 is 0. The molecule has 0 saturated carbocycles. The van der Waals surface area contributed by atoms with Gasteiger partial charge in [-0.05, 0) is 24.3 Å². The van der Waals surface area contributed by atoms with Gasteiger partial charge in [0.15, 0.2) is 5.82 Å². The van der Waals surface area contributed by atoms with Gasteiger partial charge in [-0.25, -0.2) is 0 Å². The first kappa shape index (κ1) is 13.1. The molecule has 3 rings (SSSR count). The molecule has 1 amide bonds. The van der Waals surface area contributed by atoms with Crippen LogP contribution in [0.3, 0.4) is 0 Å². The smallest absolute Gasteiger partial charge is 0.257 e. The number of amides is 1. The van der Waals surface area contributed by atoms with Crippen LogP contribution in [0.2, 0.25) is 0 Å². The molecule has 6 heteroatoms. The quantitative estimate of drug-likeness (QED) is 0.776. The molecule has 1 N–H and O–H groups in total. The maximum Gasteiger partial charge on any atom is 0.257 e. The van der Waals surface area contributed by atoms with Crippen LogP contribution in [0.5, 0.6) is 0 Å². The summed E-state index contributed by atoms with van der Waals surface area (Å²) in [5.41, 5.74) is 0.826.